The summed E-state index contributed by atoms with van der Waals surface area (Å²) in [7, 11) is 3.56. The molecule has 1 aliphatic rings. The van der Waals surface area contributed by atoms with Crippen molar-refractivity contribution in [2.75, 3.05) is 20.2 Å². The monoisotopic (exact) mass is 419 g/mol. The molecule has 1 fully saturated rings. The van der Waals surface area contributed by atoms with Gasteiger partial charge in [0.15, 0.2) is 5.69 Å². The molecule has 1 aromatic heterocycles. The van der Waals surface area contributed by atoms with Gasteiger partial charge in [-0.2, -0.15) is 5.10 Å². The van der Waals surface area contributed by atoms with Gasteiger partial charge >= 0.3 is 0 Å². The van der Waals surface area contributed by atoms with Gasteiger partial charge < -0.3 is 14.4 Å². The number of rotatable bonds is 6. The minimum Gasteiger partial charge on any atom is -0.490 e. The summed E-state index contributed by atoms with van der Waals surface area (Å²) in [6, 6.07) is 18.5. The molecule has 31 heavy (non-hydrogen) atoms. The SMILES string of the molecule is COCc1ccc(-c2ccc(OC3CCN(C(=O)c4cc(C)n(C)n4)CC3)cc2)cc1. The van der Waals surface area contributed by atoms with Gasteiger partial charge in [-0.15, -0.1) is 0 Å². The summed E-state index contributed by atoms with van der Waals surface area (Å²) in [5.41, 5.74) is 4.99. The van der Waals surface area contributed by atoms with Crippen LogP contribution in [-0.4, -0.2) is 46.9 Å². The van der Waals surface area contributed by atoms with E-state index in [1.54, 1.807) is 11.8 Å². The van der Waals surface area contributed by atoms with Crippen molar-refractivity contribution >= 4 is 5.91 Å². The molecule has 4 rings (SSSR count). The molecule has 0 N–H and O–H groups in total. The summed E-state index contributed by atoms with van der Waals surface area (Å²) < 4.78 is 13.1. The number of carbonyl (C=O) groups is 1. The van der Waals surface area contributed by atoms with Crippen molar-refractivity contribution in [3.8, 4) is 16.9 Å². The van der Waals surface area contributed by atoms with E-state index in [1.165, 1.54) is 5.56 Å². The number of aryl methyl sites for hydroxylation is 2. The zero-order valence-electron chi connectivity index (χ0n) is 18.4. The van der Waals surface area contributed by atoms with Crippen LogP contribution in [0.5, 0.6) is 5.75 Å². The molecule has 0 bridgehead atoms. The lowest BCUT2D eigenvalue weighted by Crippen LogP contribution is -2.42. The Morgan fingerprint density at radius 3 is 2.19 bits per heavy atom. The number of methoxy groups -OCH3 is 1. The normalized spacial score (nSPS) is 14.6. The Kier molecular flexibility index (Phi) is 6.37. The fourth-order valence-electron chi connectivity index (χ4n) is 3.88. The Hall–Kier alpha value is -3.12. The molecule has 0 saturated carbocycles. The number of ether oxygens (including phenoxy) is 2. The van der Waals surface area contributed by atoms with E-state index >= 15 is 0 Å². The highest BCUT2D eigenvalue weighted by Gasteiger charge is 2.26. The first-order chi connectivity index (χ1) is 15.0. The largest absolute Gasteiger partial charge is 0.490 e. The third-order valence-corrected chi connectivity index (χ3v) is 5.82. The minimum atomic E-state index is 0.00280. The van der Waals surface area contributed by atoms with Crippen LogP contribution in [0.15, 0.2) is 54.6 Å². The van der Waals surface area contributed by atoms with Crippen molar-refractivity contribution in [1.82, 2.24) is 14.7 Å². The predicted octanol–water partition coefficient (Wildman–Crippen LogP) is 4.23. The van der Waals surface area contributed by atoms with Crippen molar-refractivity contribution in [2.24, 2.45) is 7.05 Å². The van der Waals surface area contributed by atoms with Crippen LogP contribution >= 0.6 is 0 Å². The first-order valence-electron chi connectivity index (χ1n) is 10.7. The quantitative estimate of drug-likeness (QED) is 0.600. The first-order valence-corrected chi connectivity index (χ1v) is 10.7. The van der Waals surface area contributed by atoms with Crippen LogP contribution in [0, 0.1) is 6.92 Å². The number of likely N-dealkylation sites (tertiary alicyclic amines) is 1. The summed E-state index contributed by atoms with van der Waals surface area (Å²) in [6.45, 7) is 3.95. The maximum atomic E-state index is 12.7. The second kappa shape index (κ2) is 9.35. The number of benzene rings is 2. The third kappa shape index (κ3) is 4.97. The molecule has 2 aromatic carbocycles. The lowest BCUT2D eigenvalue weighted by molar-refractivity contribution is 0.0589. The molecule has 0 atom stereocenters. The Labute approximate surface area is 183 Å². The van der Waals surface area contributed by atoms with Crippen molar-refractivity contribution in [2.45, 2.75) is 32.5 Å². The maximum absolute atomic E-state index is 12.7. The van der Waals surface area contributed by atoms with Crippen LogP contribution in [0.1, 0.15) is 34.6 Å². The van der Waals surface area contributed by atoms with Gasteiger partial charge in [-0.1, -0.05) is 36.4 Å². The van der Waals surface area contributed by atoms with Gasteiger partial charge in [0.25, 0.3) is 5.91 Å². The maximum Gasteiger partial charge on any atom is 0.274 e. The summed E-state index contributed by atoms with van der Waals surface area (Å²) in [5.74, 6) is 0.868. The van der Waals surface area contributed by atoms with Gasteiger partial charge in [-0.3, -0.25) is 9.48 Å². The van der Waals surface area contributed by atoms with E-state index in [0.29, 0.717) is 25.4 Å². The molecule has 1 amide bonds. The van der Waals surface area contributed by atoms with E-state index in [2.05, 4.69) is 41.5 Å². The van der Waals surface area contributed by atoms with Crippen molar-refractivity contribution in [1.29, 1.82) is 0 Å². The highest BCUT2D eigenvalue weighted by molar-refractivity contribution is 5.92. The van der Waals surface area contributed by atoms with Crippen LogP contribution in [0.2, 0.25) is 0 Å². The topological polar surface area (TPSA) is 56.6 Å². The van der Waals surface area contributed by atoms with E-state index in [1.807, 2.05) is 37.1 Å². The molecule has 2 heterocycles. The van der Waals surface area contributed by atoms with Crippen molar-refractivity contribution in [3.05, 3.63) is 71.5 Å². The molecule has 1 saturated heterocycles. The second-order valence-electron chi connectivity index (χ2n) is 8.06. The molecule has 0 aliphatic carbocycles. The van der Waals surface area contributed by atoms with E-state index in [9.17, 15) is 4.79 Å². The number of nitrogens with zero attached hydrogens (tertiary/aromatic N) is 3. The summed E-state index contributed by atoms with van der Waals surface area (Å²) in [4.78, 5) is 14.5. The number of hydrogen-bond acceptors (Lipinski definition) is 4. The van der Waals surface area contributed by atoms with Crippen LogP contribution in [0.25, 0.3) is 11.1 Å². The third-order valence-electron chi connectivity index (χ3n) is 5.82. The van der Waals surface area contributed by atoms with Gasteiger partial charge in [0.1, 0.15) is 11.9 Å². The van der Waals surface area contributed by atoms with Crippen LogP contribution < -0.4 is 4.74 Å². The highest BCUT2D eigenvalue weighted by Crippen LogP contribution is 2.25. The fraction of sp³-hybridized carbons (Fsp3) is 0.360. The number of piperidine rings is 1. The average Bonchev–Trinajstić information content (AvgIpc) is 3.13. The molecular formula is C25H29N3O3. The Bertz CT molecular complexity index is 998. The van der Waals surface area contributed by atoms with Gasteiger partial charge in [-0.05, 0) is 41.8 Å². The Morgan fingerprint density at radius 2 is 1.65 bits per heavy atom. The van der Waals surface area contributed by atoms with Crippen molar-refractivity contribution in [3.63, 3.8) is 0 Å². The molecule has 6 nitrogen and oxygen atoms in total. The number of hydrogen-bond donors (Lipinski definition) is 0. The van der Waals surface area contributed by atoms with Gasteiger partial charge in [0.2, 0.25) is 0 Å². The molecular weight excluding hydrogens is 390 g/mol. The lowest BCUT2D eigenvalue weighted by atomic mass is 10.0. The summed E-state index contributed by atoms with van der Waals surface area (Å²) >= 11 is 0. The molecule has 6 heteroatoms. The van der Waals surface area contributed by atoms with E-state index < -0.39 is 0 Å². The van der Waals surface area contributed by atoms with E-state index in [0.717, 1.165) is 35.4 Å². The molecule has 0 spiro atoms. The van der Waals surface area contributed by atoms with E-state index in [-0.39, 0.29) is 12.0 Å². The first kappa shape index (κ1) is 21.1. The average molecular weight is 420 g/mol. The summed E-state index contributed by atoms with van der Waals surface area (Å²) in [6.07, 6.45) is 1.76. The van der Waals surface area contributed by atoms with Gasteiger partial charge in [0, 0.05) is 45.8 Å². The Balaban J connectivity index is 1.31. The molecule has 162 valence electrons. The smallest absolute Gasteiger partial charge is 0.274 e. The summed E-state index contributed by atoms with van der Waals surface area (Å²) in [5, 5.41) is 4.31. The molecule has 0 unspecified atom stereocenters. The molecule has 0 radical (unpaired) electrons. The van der Waals surface area contributed by atoms with Crippen LogP contribution in [0.3, 0.4) is 0 Å². The molecule has 3 aromatic rings. The van der Waals surface area contributed by atoms with Crippen LogP contribution in [-0.2, 0) is 18.4 Å². The van der Waals surface area contributed by atoms with Gasteiger partial charge in [0.05, 0.1) is 6.61 Å². The minimum absolute atomic E-state index is 0.00280. The van der Waals surface area contributed by atoms with Gasteiger partial charge in [-0.25, -0.2) is 0 Å². The predicted molar refractivity (Wildman–Crippen MR) is 120 cm³/mol. The van der Waals surface area contributed by atoms with E-state index in [4.69, 9.17) is 9.47 Å². The molecule has 1 aliphatic heterocycles. The van der Waals surface area contributed by atoms with Crippen molar-refractivity contribution < 1.29 is 14.3 Å². The second-order valence-corrected chi connectivity index (χ2v) is 8.06. The lowest BCUT2D eigenvalue weighted by Gasteiger charge is -2.31. The fourth-order valence-corrected chi connectivity index (χ4v) is 3.88. The van der Waals surface area contributed by atoms with Crippen LogP contribution in [0.4, 0.5) is 0 Å². The zero-order valence-corrected chi connectivity index (χ0v) is 18.4. The Morgan fingerprint density at radius 1 is 1.03 bits per heavy atom. The standard InChI is InChI=1S/C25H29N3O3/c1-18-16-24(26-27(18)2)25(29)28-14-12-23(13-15-28)31-22-10-8-21(9-11-22)20-6-4-19(5-7-20)17-30-3/h4-11,16,23H,12-15,17H2,1-3H3. The number of aromatic nitrogens is 2. The zero-order chi connectivity index (χ0) is 21.8. The highest BCUT2D eigenvalue weighted by atomic mass is 16.5. The number of carbonyl (C=O) groups excluding carboxylic acids is 1. The number of amides is 1.